The fourth-order valence-corrected chi connectivity index (χ4v) is 3.10. The van der Waals surface area contributed by atoms with Crippen molar-refractivity contribution >= 4 is 14.3 Å². The molecule has 0 saturated carbocycles. The number of aromatic hydroxyl groups is 1. The van der Waals surface area contributed by atoms with E-state index in [9.17, 15) is 9.90 Å². The van der Waals surface area contributed by atoms with Crippen LogP contribution in [0.4, 0.5) is 0 Å². The third-order valence-corrected chi connectivity index (χ3v) is 8.70. The molecule has 0 bridgehead atoms. The molecule has 0 saturated heterocycles. The molecule has 0 aliphatic rings. The minimum Gasteiger partial charge on any atom is -0.508 e. The van der Waals surface area contributed by atoms with Crippen LogP contribution in [0.1, 0.15) is 40.2 Å². The number of benzene rings is 1. The van der Waals surface area contributed by atoms with Crippen LogP contribution in [-0.4, -0.2) is 31.6 Å². The zero-order valence-corrected chi connectivity index (χ0v) is 16.3. The van der Waals surface area contributed by atoms with Crippen molar-refractivity contribution in [3.63, 3.8) is 0 Å². The van der Waals surface area contributed by atoms with Crippen LogP contribution in [0.15, 0.2) is 24.3 Å². The molecule has 23 heavy (non-hydrogen) atoms. The Morgan fingerprint density at radius 1 is 1.17 bits per heavy atom. The minimum atomic E-state index is -2.10. The average molecular weight is 339 g/mol. The summed E-state index contributed by atoms with van der Waals surface area (Å²) in [4.78, 5) is 12.5. The molecule has 1 atom stereocenters. The van der Waals surface area contributed by atoms with Gasteiger partial charge in [-0.15, -0.1) is 0 Å². The summed E-state index contributed by atoms with van der Waals surface area (Å²) < 4.78 is 11.7. The van der Waals surface area contributed by atoms with Crippen LogP contribution in [-0.2, 0) is 20.4 Å². The Balaban J connectivity index is 2.97. The maximum Gasteiger partial charge on any atom is 0.334 e. The molecule has 1 aromatic rings. The normalized spacial score (nSPS) is 13.9. The highest BCUT2D eigenvalue weighted by molar-refractivity contribution is 6.74. The monoisotopic (exact) mass is 338 g/mol. The molecule has 130 valence electrons. The second kappa shape index (κ2) is 7.49. The number of phenolic OH excluding ortho intramolecular Hbond substituents is 1. The van der Waals surface area contributed by atoms with Gasteiger partial charge < -0.3 is 14.3 Å². The van der Waals surface area contributed by atoms with Gasteiger partial charge in [-0.3, -0.25) is 0 Å². The highest BCUT2D eigenvalue weighted by atomic mass is 28.4. The van der Waals surface area contributed by atoms with E-state index in [0.29, 0.717) is 6.42 Å². The van der Waals surface area contributed by atoms with Crippen LogP contribution in [0.3, 0.4) is 0 Å². The molecule has 0 radical (unpaired) electrons. The maximum absolute atomic E-state index is 12.5. The van der Waals surface area contributed by atoms with Gasteiger partial charge in [0.2, 0.25) is 0 Å². The Kier molecular flexibility index (Phi) is 6.42. The van der Waals surface area contributed by atoms with Crippen LogP contribution in [0, 0.1) is 0 Å². The molecule has 1 rings (SSSR count). The molecule has 0 fully saturated rings. The van der Waals surface area contributed by atoms with E-state index < -0.39 is 14.4 Å². The van der Waals surface area contributed by atoms with Crippen molar-refractivity contribution in [1.82, 2.24) is 0 Å². The summed E-state index contributed by atoms with van der Waals surface area (Å²) in [6.45, 7) is 14.3. The maximum atomic E-state index is 12.5. The van der Waals surface area contributed by atoms with Gasteiger partial charge in [0.1, 0.15) is 11.9 Å². The molecular formula is C18H30O4Si. The molecule has 0 amide bonds. The second-order valence-corrected chi connectivity index (χ2v) is 12.5. The van der Waals surface area contributed by atoms with Gasteiger partial charge in [-0.05, 0) is 49.7 Å². The van der Waals surface area contributed by atoms with Crippen molar-refractivity contribution in [1.29, 1.82) is 0 Å². The molecule has 0 spiro atoms. The molecule has 4 nitrogen and oxygen atoms in total. The quantitative estimate of drug-likeness (QED) is 0.621. The molecule has 1 N–H and O–H groups in total. The molecular weight excluding hydrogens is 308 g/mol. The van der Waals surface area contributed by atoms with Crippen molar-refractivity contribution in [3.8, 4) is 5.75 Å². The minimum absolute atomic E-state index is 0.0122. The first-order chi connectivity index (χ1) is 10.4. The largest absolute Gasteiger partial charge is 0.508 e. The van der Waals surface area contributed by atoms with E-state index in [2.05, 4.69) is 33.9 Å². The number of phenols is 1. The third kappa shape index (κ3) is 5.99. The molecule has 0 heterocycles. The van der Waals surface area contributed by atoms with Crippen LogP contribution in [0.5, 0.6) is 5.75 Å². The van der Waals surface area contributed by atoms with Crippen molar-refractivity contribution in [2.75, 3.05) is 0 Å². The summed E-state index contributed by atoms with van der Waals surface area (Å²) in [5, 5.41) is 9.41. The number of esters is 1. The number of ether oxygens (including phenoxy) is 1. The Bertz CT molecular complexity index is 515. The average Bonchev–Trinajstić information content (AvgIpc) is 2.38. The lowest BCUT2D eigenvalue weighted by molar-refractivity contribution is -0.156. The first-order valence-corrected chi connectivity index (χ1v) is 11.0. The van der Waals surface area contributed by atoms with Gasteiger partial charge in [-0.25, -0.2) is 4.79 Å². The summed E-state index contributed by atoms with van der Waals surface area (Å²) >= 11 is 0. The van der Waals surface area contributed by atoms with Crippen LogP contribution < -0.4 is 0 Å². The van der Waals surface area contributed by atoms with Gasteiger partial charge >= 0.3 is 5.97 Å². The fraction of sp³-hybridized carbons (Fsp3) is 0.611. The highest BCUT2D eigenvalue weighted by Gasteiger charge is 2.41. The smallest absolute Gasteiger partial charge is 0.334 e. The Labute approximate surface area is 140 Å². The van der Waals surface area contributed by atoms with Crippen LogP contribution >= 0.6 is 0 Å². The van der Waals surface area contributed by atoms with E-state index in [1.165, 1.54) is 0 Å². The third-order valence-electron chi connectivity index (χ3n) is 4.22. The highest BCUT2D eigenvalue weighted by Crippen LogP contribution is 2.37. The first kappa shape index (κ1) is 19.7. The van der Waals surface area contributed by atoms with Gasteiger partial charge in [0.05, 0.1) is 6.10 Å². The van der Waals surface area contributed by atoms with Crippen molar-refractivity contribution in [2.45, 2.75) is 71.4 Å². The van der Waals surface area contributed by atoms with E-state index in [0.717, 1.165) is 5.56 Å². The van der Waals surface area contributed by atoms with E-state index in [-0.39, 0.29) is 22.9 Å². The summed E-state index contributed by atoms with van der Waals surface area (Å²) in [6.07, 6.45) is -0.353. The van der Waals surface area contributed by atoms with Gasteiger partial charge in [0, 0.05) is 6.42 Å². The number of hydrogen-bond donors (Lipinski definition) is 1. The molecule has 1 unspecified atom stereocenters. The first-order valence-electron chi connectivity index (χ1n) is 8.08. The SMILES string of the molecule is CC(C)OC(=O)C(Cc1ccc(O)cc1)O[Si](C)(C)C(C)(C)C. The molecule has 1 aromatic carbocycles. The van der Waals surface area contributed by atoms with Gasteiger partial charge in [-0.1, -0.05) is 32.9 Å². The van der Waals surface area contributed by atoms with Gasteiger partial charge in [0.15, 0.2) is 8.32 Å². The molecule has 5 heteroatoms. The van der Waals surface area contributed by atoms with E-state index in [1.807, 2.05) is 13.8 Å². The Morgan fingerprint density at radius 3 is 2.13 bits per heavy atom. The molecule has 0 aliphatic heterocycles. The van der Waals surface area contributed by atoms with Gasteiger partial charge in [-0.2, -0.15) is 0 Å². The Morgan fingerprint density at radius 2 is 1.70 bits per heavy atom. The van der Waals surface area contributed by atoms with E-state index in [1.54, 1.807) is 24.3 Å². The van der Waals surface area contributed by atoms with Crippen molar-refractivity contribution in [2.24, 2.45) is 0 Å². The number of carbonyl (C=O) groups excluding carboxylic acids is 1. The zero-order chi connectivity index (χ0) is 17.8. The topological polar surface area (TPSA) is 55.8 Å². The van der Waals surface area contributed by atoms with Crippen molar-refractivity contribution in [3.05, 3.63) is 29.8 Å². The summed E-state index contributed by atoms with van der Waals surface area (Å²) in [5.74, 6) is -0.113. The summed E-state index contributed by atoms with van der Waals surface area (Å²) in [7, 11) is -2.10. The lowest BCUT2D eigenvalue weighted by atomic mass is 10.1. The lowest BCUT2D eigenvalue weighted by Crippen LogP contribution is -2.47. The second-order valence-electron chi connectivity index (χ2n) is 7.72. The van der Waals surface area contributed by atoms with Gasteiger partial charge in [0.25, 0.3) is 0 Å². The lowest BCUT2D eigenvalue weighted by Gasteiger charge is -2.38. The Hall–Kier alpha value is -1.33. The molecule has 0 aliphatic carbocycles. The number of carbonyl (C=O) groups is 1. The summed E-state index contributed by atoms with van der Waals surface area (Å²) in [5.41, 5.74) is 0.937. The predicted octanol–water partition coefficient (Wildman–Crippen LogP) is 4.28. The van der Waals surface area contributed by atoms with Crippen molar-refractivity contribution < 1.29 is 19.1 Å². The van der Waals surface area contributed by atoms with E-state index in [4.69, 9.17) is 9.16 Å². The number of hydrogen-bond acceptors (Lipinski definition) is 4. The van der Waals surface area contributed by atoms with Crippen LogP contribution in [0.25, 0.3) is 0 Å². The summed E-state index contributed by atoms with van der Waals surface area (Å²) in [6, 6.07) is 6.85. The fourth-order valence-electron chi connectivity index (χ4n) is 1.86. The zero-order valence-electron chi connectivity index (χ0n) is 15.3. The van der Waals surface area contributed by atoms with Crippen LogP contribution in [0.2, 0.25) is 18.1 Å². The predicted molar refractivity (Wildman–Crippen MR) is 95.1 cm³/mol. The standard InChI is InChI=1S/C18H30O4Si/c1-13(2)21-17(20)16(22-23(6,7)18(3,4)5)12-14-8-10-15(19)11-9-14/h8-11,13,16,19H,12H2,1-7H3. The van der Waals surface area contributed by atoms with E-state index >= 15 is 0 Å². The number of rotatable bonds is 6. The molecule has 0 aromatic heterocycles.